The summed E-state index contributed by atoms with van der Waals surface area (Å²) in [6, 6.07) is 7.91. The molecule has 1 aromatic carbocycles. The fraction of sp³-hybridized carbons (Fsp3) is 0.464. The Labute approximate surface area is 236 Å². The fourth-order valence-electron chi connectivity index (χ4n) is 4.85. The summed E-state index contributed by atoms with van der Waals surface area (Å²) in [6.07, 6.45) is -0.741. The van der Waals surface area contributed by atoms with Gasteiger partial charge in [0.2, 0.25) is 0 Å². The number of benzene rings is 1. The number of aromatic nitrogens is 1. The first-order valence-electron chi connectivity index (χ1n) is 12.8. The van der Waals surface area contributed by atoms with Gasteiger partial charge in [0.15, 0.2) is 10.8 Å². The molecular weight excluding hydrogens is 543 g/mol. The van der Waals surface area contributed by atoms with E-state index in [9.17, 15) is 22.8 Å². The Morgan fingerprint density at radius 3 is 2.45 bits per heavy atom. The largest absolute Gasteiger partial charge is 0.444 e. The average Bonchev–Trinajstić information content (AvgIpc) is 2.87. The first-order chi connectivity index (χ1) is 18.7. The second kappa shape index (κ2) is 10.7. The molecule has 8 nitrogen and oxygen atoms in total. The van der Waals surface area contributed by atoms with Crippen LogP contribution in [0.1, 0.15) is 62.4 Å². The lowest BCUT2D eigenvalue weighted by Crippen LogP contribution is -2.60. The van der Waals surface area contributed by atoms with Crippen LogP contribution in [0.4, 0.5) is 29.3 Å². The molecule has 0 unspecified atom stereocenters. The Hall–Kier alpha value is -3.72. The SMILES string of the molecule is CN(C(=S)N(c1ccc2c(c1)CCN(C(=O)OC(C)(C)C)C2)C1(C=O)CCC1)c1cnc(C#N)c(C(F)(F)F)c1. The number of nitriles is 1. The number of nitrogens with zero attached hydrogens (tertiary/aromatic N) is 5. The van der Waals surface area contributed by atoms with Crippen molar-refractivity contribution in [3.8, 4) is 6.07 Å². The number of hydrogen-bond donors (Lipinski definition) is 0. The van der Waals surface area contributed by atoms with E-state index in [2.05, 4.69) is 4.98 Å². The topological polar surface area (TPSA) is 89.8 Å². The van der Waals surface area contributed by atoms with Gasteiger partial charge in [-0.2, -0.15) is 18.4 Å². The van der Waals surface area contributed by atoms with Gasteiger partial charge in [-0.15, -0.1) is 0 Å². The molecule has 4 rings (SSSR count). The standard InChI is InChI=1S/C28H30F3N5O3S/c1-26(2,3)39-25(38)35-11-8-18-12-20(7-6-19(18)16-35)36(27(17-37)9-5-10-27)24(40)34(4)21-13-22(28(29,30)31)23(14-32)33-15-21/h6-7,12-13,15,17H,5,8-11,16H2,1-4H3. The average molecular weight is 574 g/mol. The predicted octanol–water partition coefficient (Wildman–Crippen LogP) is 5.61. The number of pyridine rings is 1. The van der Waals surface area contributed by atoms with Crippen molar-refractivity contribution in [2.24, 2.45) is 0 Å². The van der Waals surface area contributed by atoms with Crippen LogP contribution in [0, 0.1) is 11.3 Å². The summed E-state index contributed by atoms with van der Waals surface area (Å²) in [6.45, 7) is 6.25. The number of aldehydes is 1. The number of fused-ring (bicyclic) bond motifs is 1. The molecule has 40 heavy (non-hydrogen) atoms. The van der Waals surface area contributed by atoms with Crippen molar-refractivity contribution in [1.82, 2.24) is 9.88 Å². The van der Waals surface area contributed by atoms with Crippen molar-refractivity contribution >= 4 is 41.1 Å². The van der Waals surface area contributed by atoms with E-state index in [1.54, 1.807) is 15.9 Å². The highest BCUT2D eigenvalue weighted by Crippen LogP contribution is 2.41. The lowest BCUT2D eigenvalue weighted by Gasteiger charge is -2.49. The normalized spacial score (nSPS) is 16.2. The molecule has 0 radical (unpaired) electrons. The van der Waals surface area contributed by atoms with E-state index in [-0.39, 0.29) is 10.8 Å². The number of thiocarbonyl (C=S) groups is 1. The second-order valence-electron chi connectivity index (χ2n) is 11.1. The molecule has 1 fully saturated rings. The Morgan fingerprint density at radius 2 is 1.90 bits per heavy atom. The van der Waals surface area contributed by atoms with Crippen LogP contribution in [0.3, 0.4) is 0 Å². The van der Waals surface area contributed by atoms with Crippen LogP contribution in [0.2, 0.25) is 0 Å². The molecule has 1 aliphatic heterocycles. The van der Waals surface area contributed by atoms with E-state index >= 15 is 0 Å². The Kier molecular flexibility index (Phi) is 7.82. The fourth-order valence-corrected chi connectivity index (χ4v) is 5.25. The van der Waals surface area contributed by atoms with Gasteiger partial charge in [0, 0.05) is 25.8 Å². The maximum Gasteiger partial charge on any atom is 0.419 e. The summed E-state index contributed by atoms with van der Waals surface area (Å²) in [5, 5.41) is 9.22. The molecule has 1 aliphatic carbocycles. The molecule has 1 saturated carbocycles. The zero-order chi connectivity index (χ0) is 29.5. The van der Waals surface area contributed by atoms with Crippen LogP contribution >= 0.6 is 12.2 Å². The second-order valence-corrected chi connectivity index (χ2v) is 11.4. The molecule has 1 aromatic heterocycles. The van der Waals surface area contributed by atoms with Crippen LogP contribution in [0.5, 0.6) is 0 Å². The number of carbonyl (C=O) groups is 2. The molecule has 12 heteroatoms. The lowest BCUT2D eigenvalue weighted by atomic mass is 9.76. The van der Waals surface area contributed by atoms with Crippen molar-refractivity contribution < 1.29 is 27.5 Å². The molecule has 0 N–H and O–H groups in total. The third kappa shape index (κ3) is 5.75. The highest BCUT2D eigenvalue weighted by atomic mass is 32.1. The smallest absolute Gasteiger partial charge is 0.419 e. The van der Waals surface area contributed by atoms with Gasteiger partial charge in [-0.05, 0) is 88.0 Å². The van der Waals surface area contributed by atoms with Crippen molar-refractivity contribution in [3.05, 3.63) is 52.8 Å². The number of anilines is 2. The maximum absolute atomic E-state index is 13.6. The molecule has 2 aliphatic rings. The zero-order valence-corrected chi connectivity index (χ0v) is 23.5. The molecule has 1 amide bonds. The molecule has 0 spiro atoms. The monoisotopic (exact) mass is 573 g/mol. The van der Waals surface area contributed by atoms with Crippen molar-refractivity contribution in [2.75, 3.05) is 23.4 Å². The summed E-state index contributed by atoms with van der Waals surface area (Å²) in [7, 11) is 1.51. The van der Waals surface area contributed by atoms with Gasteiger partial charge in [-0.25, -0.2) is 9.78 Å². The van der Waals surface area contributed by atoms with Gasteiger partial charge >= 0.3 is 12.3 Å². The summed E-state index contributed by atoms with van der Waals surface area (Å²) in [5.74, 6) is 0. The highest BCUT2D eigenvalue weighted by molar-refractivity contribution is 7.80. The van der Waals surface area contributed by atoms with Gasteiger partial charge in [-0.3, -0.25) is 0 Å². The van der Waals surface area contributed by atoms with Crippen LogP contribution in [-0.4, -0.2) is 52.1 Å². The van der Waals surface area contributed by atoms with Crippen LogP contribution in [0.25, 0.3) is 0 Å². The van der Waals surface area contributed by atoms with E-state index in [1.165, 1.54) is 18.0 Å². The zero-order valence-electron chi connectivity index (χ0n) is 22.7. The van der Waals surface area contributed by atoms with Gasteiger partial charge in [0.1, 0.15) is 23.5 Å². The number of amides is 1. The van der Waals surface area contributed by atoms with E-state index in [0.29, 0.717) is 38.0 Å². The first kappa shape index (κ1) is 29.3. The quantitative estimate of drug-likeness (QED) is 0.344. The molecule has 212 valence electrons. The van der Waals surface area contributed by atoms with Gasteiger partial charge in [0.05, 0.1) is 17.4 Å². The highest BCUT2D eigenvalue weighted by Gasteiger charge is 2.46. The third-order valence-corrected chi connectivity index (χ3v) is 7.60. The molecule has 2 aromatic rings. The van der Waals surface area contributed by atoms with Crippen LogP contribution in [-0.2, 0) is 28.7 Å². The predicted molar refractivity (Wildman–Crippen MR) is 147 cm³/mol. The summed E-state index contributed by atoms with van der Waals surface area (Å²) in [4.78, 5) is 33.4. The van der Waals surface area contributed by atoms with Gasteiger partial charge < -0.3 is 24.2 Å². The van der Waals surface area contributed by atoms with E-state index in [1.807, 2.05) is 32.9 Å². The molecule has 0 saturated heterocycles. The Bertz CT molecular complexity index is 1380. The van der Waals surface area contributed by atoms with Crippen LogP contribution in [0.15, 0.2) is 30.5 Å². The third-order valence-electron chi connectivity index (χ3n) is 7.15. The summed E-state index contributed by atoms with van der Waals surface area (Å²) >= 11 is 5.78. The summed E-state index contributed by atoms with van der Waals surface area (Å²) < 4.78 is 46.3. The number of ether oxygens (including phenoxy) is 1. The number of alkyl halides is 3. The minimum absolute atomic E-state index is 0.0349. The molecule has 0 atom stereocenters. The maximum atomic E-state index is 13.6. The first-order valence-corrected chi connectivity index (χ1v) is 13.2. The van der Waals surface area contributed by atoms with E-state index in [0.717, 1.165) is 36.1 Å². The number of hydrogen-bond acceptors (Lipinski definition) is 6. The van der Waals surface area contributed by atoms with Gasteiger partial charge in [-0.1, -0.05) is 6.07 Å². The molecular formula is C28H30F3N5O3S. The summed E-state index contributed by atoms with van der Waals surface area (Å²) in [5.41, 5.74) is -0.868. The molecule has 2 heterocycles. The minimum atomic E-state index is -4.78. The molecule has 0 bridgehead atoms. The number of halogens is 3. The Balaban J connectivity index is 1.67. The number of rotatable bonds is 4. The van der Waals surface area contributed by atoms with Crippen molar-refractivity contribution in [2.45, 2.75) is 70.3 Å². The van der Waals surface area contributed by atoms with Gasteiger partial charge in [0.25, 0.3) is 0 Å². The van der Waals surface area contributed by atoms with E-state index < -0.39 is 34.7 Å². The van der Waals surface area contributed by atoms with Crippen LogP contribution < -0.4 is 9.80 Å². The minimum Gasteiger partial charge on any atom is -0.444 e. The van der Waals surface area contributed by atoms with Crippen molar-refractivity contribution in [3.63, 3.8) is 0 Å². The lowest BCUT2D eigenvalue weighted by molar-refractivity contribution is -0.138. The van der Waals surface area contributed by atoms with Crippen molar-refractivity contribution in [1.29, 1.82) is 5.26 Å². The Morgan fingerprint density at radius 1 is 1.20 bits per heavy atom. The van der Waals surface area contributed by atoms with E-state index in [4.69, 9.17) is 22.2 Å². The number of carbonyl (C=O) groups excluding carboxylic acids is 2.